The quantitative estimate of drug-likeness (QED) is 0.462. The van der Waals surface area contributed by atoms with E-state index in [0.29, 0.717) is 6.61 Å². The highest BCUT2D eigenvalue weighted by Crippen LogP contribution is 2.28. The lowest BCUT2D eigenvalue weighted by Gasteiger charge is -2.16. The molecule has 1 aliphatic rings. The summed E-state index contributed by atoms with van der Waals surface area (Å²) in [5.41, 5.74) is -1.35. The number of aliphatic hydroxyl groups is 3. The smallest absolute Gasteiger partial charge is 0.330 e. The lowest BCUT2D eigenvalue weighted by atomic mass is 10.1. The van der Waals surface area contributed by atoms with Crippen molar-refractivity contribution in [2.45, 2.75) is 24.5 Å². The van der Waals surface area contributed by atoms with Gasteiger partial charge in [0.05, 0.1) is 0 Å². The van der Waals surface area contributed by atoms with E-state index in [4.69, 9.17) is 9.84 Å². The Morgan fingerprint density at radius 1 is 1.35 bits per heavy atom. The number of ether oxygens (including phenoxy) is 1. The van der Waals surface area contributed by atoms with Crippen LogP contribution in [0.1, 0.15) is 6.23 Å². The zero-order chi connectivity index (χ0) is 12.6. The molecule has 0 saturated carbocycles. The molecular weight excluding hydrogens is 232 g/mol. The Labute approximate surface area is 94.7 Å². The first kappa shape index (κ1) is 12.0. The lowest BCUT2D eigenvalue weighted by molar-refractivity contribution is -0.0409. The van der Waals surface area contributed by atoms with E-state index in [2.05, 4.69) is 0 Å². The summed E-state index contributed by atoms with van der Waals surface area (Å²) in [4.78, 5) is 24.3. The van der Waals surface area contributed by atoms with E-state index in [0.717, 1.165) is 16.8 Å². The number of H-pyrrole nitrogens is 1. The van der Waals surface area contributed by atoms with Gasteiger partial charge in [-0.1, -0.05) is 0 Å². The fourth-order valence-electron chi connectivity index (χ4n) is 1.67. The van der Waals surface area contributed by atoms with Crippen molar-refractivity contribution in [3.05, 3.63) is 39.7 Å². The molecule has 4 atom stereocenters. The lowest BCUT2D eigenvalue weighted by Crippen LogP contribution is -2.37. The van der Waals surface area contributed by atoms with Crippen molar-refractivity contribution in [2.24, 2.45) is 0 Å². The maximum Gasteiger partial charge on any atom is 0.330 e. The minimum atomic E-state index is -1.38. The van der Waals surface area contributed by atoms with Crippen LogP contribution in [0.4, 0.5) is 0 Å². The summed E-state index contributed by atoms with van der Waals surface area (Å²) < 4.78 is 6.01. The summed E-state index contributed by atoms with van der Waals surface area (Å²) >= 11 is 0. The zero-order valence-corrected chi connectivity index (χ0v) is 8.56. The second-order valence-electron chi connectivity index (χ2n) is 3.64. The number of aromatic amines is 1. The Morgan fingerprint density at radius 2 is 2.06 bits per heavy atom. The van der Waals surface area contributed by atoms with Crippen molar-refractivity contribution in [1.29, 1.82) is 0 Å². The van der Waals surface area contributed by atoms with E-state index < -0.39 is 35.8 Å². The van der Waals surface area contributed by atoms with Crippen molar-refractivity contribution in [3.63, 3.8) is 0 Å². The van der Waals surface area contributed by atoms with Gasteiger partial charge < -0.3 is 20.1 Å². The molecule has 0 amide bonds. The summed E-state index contributed by atoms with van der Waals surface area (Å²) in [6.07, 6.45) is -3.84. The Morgan fingerprint density at radius 3 is 2.59 bits per heavy atom. The van der Waals surface area contributed by atoms with Crippen molar-refractivity contribution in [2.75, 3.05) is 0 Å². The van der Waals surface area contributed by atoms with Crippen molar-refractivity contribution in [1.82, 2.24) is 9.55 Å². The van der Waals surface area contributed by atoms with Gasteiger partial charge in [-0.3, -0.25) is 14.3 Å². The summed E-state index contributed by atoms with van der Waals surface area (Å²) in [6.45, 7) is 0.588. The van der Waals surface area contributed by atoms with Gasteiger partial charge in [-0.05, 0) is 0 Å². The second-order valence-corrected chi connectivity index (χ2v) is 3.64. The molecule has 1 aromatic rings. The minimum Gasteiger partial charge on any atom is -0.387 e. The number of aromatic nitrogens is 2. The molecule has 2 rings (SSSR count). The average molecular weight is 243 g/mol. The average Bonchev–Trinajstić information content (AvgIpc) is 2.57. The van der Waals surface area contributed by atoms with E-state index in [1.807, 2.05) is 4.98 Å². The van der Waals surface area contributed by atoms with Crippen LogP contribution in [-0.2, 0) is 4.74 Å². The third-order valence-corrected chi connectivity index (χ3v) is 2.55. The van der Waals surface area contributed by atoms with Crippen molar-refractivity contribution >= 4 is 0 Å². The van der Waals surface area contributed by atoms with Gasteiger partial charge in [0.1, 0.15) is 24.9 Å². The third kappa shape index (κ3) is 2.03. The highest BCUT2D eigenvalue weighted by Gasteiger charge is 2.43. The maximum atomic E-state index is 11.4. The first-order valence-corrected chi connectivity index (χ1v) is 4.85. The summed E-state index contributed by atoms with van der Waals surface area (Å²) in [6, 6.07) is 1.08. The van der Waals surface area contributed by atoms with Crippen LogP contribution in [-0.4, -0.2) is 43.2 Å². The predicted octanol–water partition coefficient (Wildman–Crippen LogP) is -2.31. The Kier molecular flexibility index (Phi) is 3.11. The van der Waals surface area contributed by atoms with E-state index in [1.165, 1.54) is 0 Å². The predicted molar refractivity (Wildman–Crippen MR) is 53.5 cm³/mol. The number of hydrogen-bond acceptors (Lipinski definition) is 6. The molecule has 1 fully saturated rings. The van der Waals surface area contributed by atoms with Crippen molar-refractivity contribution in [3.8, 4) is 0 Å². The van der Waals surface area contributed by atoms with Gasteiger partial charge in [0.25, 0.3) is 5.56 Å². The molecule has 1 aliphatic heterocycles. The summed E-state index contributed by atoms with van der Waals surface area (Å²) in [7, 11) is 0. The molecule has 93 valence electrons. The van der Waals surface area contributed by atoms with E-state index in [-0.39, 0.29) is 0 Å². The van der Waals surface area contributed by atoms with Gasteiger partial charge in [0.15, 0.2) is 6.23 Å². The Bertz CT molecular complexity index is 509. The molecule has 0 aliphatic carbocycles. The van der Waals surface area contributed by atoms with Crippen molar-refractivity contribution < 1.29 is 20.1 Å². The van der Waals surface area contributed by atoms with Crippen LogP contribution in [0.15, 0.2) is 21.9 Å². The van der Waals surface area contributed by atoms with E-state index in [1.54, 1.807) is 0 Å². The first-order chi connectivity index (χ1) is 8.04. The van der Waals surface area contributed by atoms with Gasteiger partial charge in [-0.25, -0.2) is 4.79 Å². The van der Waals surface area contributed by atoms with Gasteiger partial charge in [0.2, 0.25) is 0 Å². The maximum absolute atomic E-state index is 11.4. The molecule has 4 N–H and O–H groups in total. The molecule has 0 spiro atoms. The fraction of sp³-hybridized carbons (Fsp3) is 0.444. The molecule has 0 aromatic carbocycles. The molecule has 17 heavy (non-hydrogen) atoms. The summed E-state index contributed by atoms with van der Waals surface area (Å²) in [5, 5.41) is 27.9. The molecule has 8 heteroatoms. The number of aliphatic hydroxyl groups excluding tert-OH is 3. The molecule has 1 radical (unpaired) electrons. The van der Waals surface area contributed by atoms with Crippen LogP contribution >= 0.6 is 0 Å². The van der Waals surface area contributed by atoms with Crippen LogP contribution in [0.25, 0.3) is 0 Å². The summed E-state index contributed by atoms with van der Waals surface area (Å²) in [5.74, 6) is 0. The fourth-order valence-corrected chi connectivity index (χ4v) is 1.67. The molecule has 0 unspecified atom stereocenters. The van der Waals surface area contributed by atoms with Gasteiger partial charge in [-0.2, -0.15) is 0 Å². The second kappa shape index (κ2) is 4.41. The molecule has 8 nitrogen and oxygen atoms in total. The van der Waals surface area contributed by atoms with Gasteiger partial charge >= 0.3 is 5.69 Å². The SMILES string of the molecule is O=c1ccn([C@@H]2O[C@H]([CH]O)[C@@H](O)[C@H]2O)c(=O)[nH]1. The normalized spacial score (nSPS) is 32.9. The largest absolute Gasteiger partial charge is 0.387 e. The number of rotatable bonds is 2. The van der Waals surface area contributed by atoms with Gasteiger partial charge in [-0.15, -0.1) is 0 Å². The van der Waals surface area contributed by atoms with Crippen LogP contribution < -0.4 is 11.2 Å². The number of nitrogens with zero attached hydrogens (tertiary/aromatic N) is 1. The highest BCUT2D eigenvalue weighted by molar-refractivity contribution is 4.95. The Balaban J connectivity index is 2.35. The van der Waals surface area contributed by atoms with E-state index >= 15 is 0 Å². The minimum absolute atomic E-state index is 0.579. The topological polar surface area (TPSA) is 125 Å². The first-order valence-electron chi connectivity index (χ1n) is 4.85. The van der Waals surface area contributed by atoms with Gasteiger partial charge in [0, 0.05) is 12.3 Å². The highest BCUT2D eigenvalue weighted by atomic mass is 16.6. The van der Waals surface area contributed by atoms with Crippen LogP contribution in [0, 0.1) is 6.61 Å². The molecular formula is C9H11N2O6. The van der Waals surface area contributed by atoms with Crippen LogP contribution in [0.2, 0.25) is 0 Å². The number of nitrogens with one attached hydrogen (secondary N) is 1. The van der Waals surface area contributed by atoms with E-state index in [9.17, 15) is 19.8 Å². The molecule has 2 heterocycles. The monoisotopic (exact) mass is 243 g/mol. The molecule has 1 aromatic heterocycles. The van der Waals surface area contributed by atoms with Crippen LogP contribution in [0.3, 0.4) is 0 Å². The molecule has 0 bridgehead atoms. The van der Waals surface area contributed by atoms with Crippen LogP contribution in [0.5, 0.6) is 0 Å². The third-order valence-electron chi connectivity index (χ3n) is 2.55. The zero-order valence-electron chi connectivity index (χ0n) is 8.56. The number of hydrogen-bond donors (Lipinski definition) is 4. The standard InChI is InChI=1S/C9H11N2O6/c12-3-4-6(14)7(15)8(17-4)11-2-1-5(13)10-9(11)16/h1-4,6-8,12,14-15H,(H,10,13,16)/t4-,6-,7-,8-/m1/s1. The Hall–Kier alpha value is -1.48. The molecule has 1 saturated heterocycles.